The summed E-state index contributed by atoms with van der Waals surface area (Å²) in [4.78, 5) is 5.01. The Balaban J connectivity index is 1.24. The Labute approximate surface area is 373 Å². The zero-order chi connectivity index (χ0) is 42.4. The Hall–Kier alpha value is -8.46. The second-order valence-corrected chi connectivity index (χ2v) is 16.5. The van der Waals surface area contributed by atoms with Crippen LogP contribution in [-0.4, -0.2) is 0 Å². The predicted octanol–water partition coefficient (Wildman–Crippen LogP) is 17.7. The molecule has 0 saturated carbocycles. The van der Waals surface area contributed by atoms with Crippen LogP contribution < -0.4 is 9.80 Å². The summed E-state index contributed by atoms with van der Waals surface area (Å²) >= 11 is 0. The van der Waals surface area contributed by atoms with Gasteiger partial charge in [-0.05, 0) is 104 Å². The zero-order valence-corrected chi connectivity index (χ0v) is 35.1. The summed E-state index contributed by atoms with van der Waals surface area (Å²) < 4.78 is 0. The Bertz CT molecular complexity index is 3590. The third-order valence-corrected chi connectivity index (χ3v) is 12.7. The SMILES string of the molecule is c1ccc(-c2cc(N(c3cccc4ccccc34)c3cccc4ccccc34)c3cc(N(c4ccc5ccccc5c4)c4cccc5ccccc45)c(-c4ccccc4)cc3c2)cc1. The molecule has 300 valence electrons. The van der Waals surface area contributed by atoms with Crippen molar-refractivity contribution in [2.45, 2.75) is 0 Å². The highest BCUT2D eigenvalue weighted by atomic mass is 15.2. The van der Waals surface area contributed by atoms with E-state index in [4.69, 9.17) is 0 Å². The average molecular weight is 815 g/mol. The first-order valence-electron chi connectivity index (χ1n) is 22.0. The Morgan fingerprint density at radius 1 is 0.203 bits per heavy atom. The van der Waals surface area contributed by atoms with Gasteiger partial charge in [0.2, 0.25) is 0 Å². The lowest BCUT2D eigenvalue weighted by molar-refractivity contribution is 1.30. The molecule has 0 aliphatic carbocycles. The number of fused-ring (bicyclic) bond motifs is 5. The Morgan fingerprint density at radius 2 is 0.672 bits per heavy atom. The molecular formula is C62H42N2. The smallest absolute Gasteiger partial charge is 0.0547 e. The third-order valence-electron chi connectivity index (χ3n) is 12.7. The van der Waals surface area contributed by atoms with Gasteiger partial charge < -0.3 is 9.80 Å². The second-order valence-electron chi connectivity index (χ2n) is 16.5. The fraction of sp³-hybridized carbons (Fsp3) is 0. The fourth-order valence-corrected chi connectivity index (χ4v) is 9.72. The van der Waals surface area contributed by atoms with E-state index in [2.05, 4.69) is 265 Å². The first-order chi connectivity index (χ1) is 31.7. The van der Waals surface area contributed by atoms with Crippen LogP contribution in [0.15, 0.2) is 255 Å². The normalized spacial score (nSPS) is 11.4. The van der Waals surface area contributed by atoms with Gasteiger partial charge in [0, 0.05) is 32.8 Å². The molecule has 0 saturated heterocycles. The Kier molecular flexibility index (Phi) is 9.20. The van der Waals surface area contributed by atoms with Crippen LogP contribution in [0.2, 0.25) is 0 Å². The maximum atomic E-state index is 2.52. The van der Waals surface area contributed by atoms with Gasteiger partial charge in [0.05, 0.1) is 28.4 Å². The molecular weight excluding hydrogens is 773 g/mol. The lowest BCUT2D eigenvalue weighted by Gasteiger charge is -2.32. The van der Waals surface area contributed by atoms with Crippen LogP contribution in [0, 0.1) is 0 Å². The van der Waals surface area contributed by atoms with Crippen LogP contribution in [0.1, 0.15) is 0 Å². The molecule has 0 N–H and O–H groups in total. The number of hydrogen-bond donors (Lipinski definition) is 0. The van der Waals surface area contributed by atoms with Gasteiger partial charge in [-0.25, -0.2) is 0 Å². The van der Waals surface area contributed by atoms with Gasteiger partial charge in [-0.1, -0.05) is 200 Å². The molecule has 12 aromatic carbocycles. The van der Waals surface area contributed by atoms with Gasteiger partial charge >= 0.3 is 0 Å². The van der Waals surface area contributed by atoms with E-state index in [0.717, 1.165) is 61.6 Å². The molecule has 2 nitrogen and oxygen atoms in total. The number of benzene rings is 12. The molecule has 0 spiro atoms. The molecule has 64 heavy (non-hydrogen) atoms. The van der Waals surface area contributed by atoms with Crippen molar-refractivity contribution in [1.82, 2.24) is 0 Å². The monoisotopic (exact) mass is 814 g/mol. The zero-order valence-electron chi connectivity index (χ0n) is 35.1. The molecule has 0 aromatic heterocycles. The van der Waals surface area contributed by atoms with Gasteiger partial charge in [-0.3, -0.25) is 0 Å². The molecule has 12 aromatic rings. The molecule has 0 radical (unpaired) electrons. The third kappa shape index (κ3) is 6.52. The van der Waals surface area contributed by atoms with Crippen LogP contribution >= 0.6 is 0 Å². The maximum absolute atomic E-state index is 2.52. The van der Waals surface area contributed by atoms with Crippen molar-refractivity contribution in [2.75, 3.05) is 9.80 Å². The van der Waals surface area contributed by atoms with Crippen molar-refractivity contribution < 1.29 is 0 Å². The van der Waals surface area contributed by atoms with Gasteiger partial charge in [0.15, 0.2) is 0 Å². The number of hydrogen-bond acceptors (Lipinski definition) is 2. The molecule has 12 rings (SSSR count). The van der Waals surface area contributed by atoms with E-state index in [-0.39, 0.29) is 0 Å². The van der Waals surface area contributed by atoms with Gasteiger partial charge in [0.1, 0.15) is 0 Å². The molecule has 0 aliphatic heterocycles. The summed E-state index contributed by atoms with van der Waals surface area (Å²) in [7, 11) is 0. The number of nitrogens with zero attached hydrogens (tertiary/aromatic N) is 2. The average Bonchev–Trinajstić information content (AvgIpc) is 3.37. The maximum Gasteiger partial charge on any atom is 0.0547 e. The van der Waals surface area contributed by atoms with Crippen molar-refractivity contribution >= 4 is 88.0 Å². The molecule has 0 amide bonds. The lowest BCUT2D eigenvalue weighted by Crippen LogP contribution is -2.14. The predicted molar refractivity (Wildman–Crippen MR) is 274 cm³/mol. The summed E-state index contributed by atoms with van der Waals surface area (Å²) in [5.41, 5.74) is 11.3. The molecule has 0 heterocycles. The van der Waals surface area contributed by atoms with Crippen molar-refractivity contribution in [3.63, 3.8) is 0 Å². The lowest BCUT2D eigenvalue weighted by atomic mass is 9.92. The molecule has 0 bridgehead atoms. The van der Waals surface area contributed by atoms with E-state index in [0.29, 0.717) is 0 Å². The van der Waals surface area contributed by atoms with Crippen molar-refractivity contribution in [2.24, 2.45) is 0 Å². The van der Waals surface area contributed by atoms with Crippen LogP contribution in [0.25, 0.3) is 76.1 Å². The van der Waals surface area contributed by atoms with E-state index in [9.17, 15) is 0 Å². The van der Waals surface area contributed by atoms with Crippen LogP contribution in [0.4, 0.5) is 34.1 Å². The minimum atomic E-state index is 1.09. The van der Waals surface area contributed by atoms with Crippen LogP contribution in [0.3, 0.4) is 0 Å². The summed E-state index contributed by atoms with van der Waals surface area (Å²) in [6.45, 7) is 0. The van der Waals surface area contributed by atoms with E-state index in [1.165, 1.54) is 48.7 Å². The summed E-state index contributed by atoms with van der Waals surface area (Å²) in [6.07, 6.45) is 0. The van der Waals surface area contributed by atoms with Gasteiger partial charge in [-0.15, -0.1) is 0 Å². The number of anilines is 6. The second kappa shape index (κ2) is 15.8. The molecule has 0 unspecified atom stereocenters. The quantitative estimate of drug-likeness (QED) is 0.151. The van der Waals surface area contributed by atoms with Crippen molar-refractivity contribution in [1.29, 1.82) is 0 Å². The highest BCUT2D eigenvalue weighted by Gasteiger charge is 2.25. The van der Waals surface area contributed by atoms with E-state index in [1.54, 1.807) is 0 Å². The topological polar surface area (TPSA) is 6.48 Å². The first-order valence-corrected chi connectivity index (χ1v) is 22.0. The summed E-state index contributed by atoms with van der Waals surface area (Å²) in [5.74, 6) is 0. The molecule has 0 fully saturated rings. The van der Waals surface area contributed by atoms with Crippen molar-refractivity contribution in [3.8, 4) is 22.3 Å². The Morgan fingerprint density at radius 3 is 1.25 bits per heavy atom. The molecule has 0 atom stereocenters. The van der Waals surface area contributed by atoms with Gasteiger partial charge in [-0.2, -0.15) is 0 Å². The first kappa shape index (κ1) is 37.3. The standard InChI is InChI=1S/C62H42N2/c1-3-18-43(19-4-1)50-38-51-40-56(48-21-5-2-6-22-48)62(63(52-37-36-44-20-7-8-26-49(44)39-52)58-33-15-27-45-23-9-12-30-53(45)58)42-57(51)61(41-50)64(59-34-16-28-46-24-10-13-31-54(46)59)60-35-17-29-47-25-11-14-32-55(47)60/h1-42H. The van der Waals surface area contributed by atoms with Gasteiger partial charge in [0.25, 0.3) is 0 Å². The molecule has 2 heteroatoms. The summed E-state index contributed by atoms with van der Waals surface area (Å²) in [5, 5.41) is 11.8. The van der Waals surface area contributed by atoms with Crippen LogP contribution in [-0.2, 0) is 0 Å². The fourth-order valence-electron chi connectivity index (χ4n) is 9.72. The van der Waals surface area contributed by atoms with E-state index < -0.39 is 0 Å². The number of rotatable bonds is 8. The van der Waals surface area contributed by atoms with E-state index in [1.807, 2.05) is 0 Å². The van der Waals surface area contributed by atoms with Crippen molar-refractivity contribution in [3.05, 3.63) is 255 Å². The minimum absolute atomic E-state index is 1.09. The highest BCUT2D eigenvalue weighted by molar-refractivity contribution is 6.13. The largest absolute Gasteiger partial charge is 0.309 e. The molecule has 0 aliphatic rings. The highest BCUT2D eigenvalue weighted by Crippen LogP contribution is 2.51. The van der Waals surface area contributed by atoms with Crippen LogP contribution in [0.5, 0.6) is 0 Å². The summed E-state index contributed by atoms with van der Waals surface area (Å²) in [6, 6.07) is 93.2. The van der Waals surface area contributed by atoms with E-state index >= 15 is 0 Å². The minimum Gasteiger partial charge on any atom is -0.309 e.